The molecule has 0 fully saturated rings. The van der Waals surface area contributed by atoms with Crippen molar-refractivity contribution in [2.75, 3.05) is 6.67 Å². The summed E-state index contributed by atoms with van der Waals surface area (Å²) >= 11 is 0. The highest BCUT2D eigenvalue weighted by Crippen LogP contribution is 2.19. The maximum atomic E-state index is 12.9. The van der Waals surface area contributed by atoms with Gasteiger partial charge in [-0.2, -0.15) is 0 Å². The molecule has 0 aromatic heterocycles. The van der Waals surface area contributed by atoms with Gasteiger partial charge in [-0.25, -0.2) is 8.78 Å². The molecule has 0 saturated heterocycles. The van der Waals surface area contributed by atoms with Crippen LogP contribution in [-0.4, -0.2) is 6.67 Å². The number of benzene rings is 1. The van der Waals surface area contributed by atoms with Crippen LogP contribution in [0.3, 0.4) is 0 Å². The van der Waals surface area contributed by atoms with Gasteiger partial charge in [0.15, 0.2) is 11.6 Å². The Kier molecular flexibility index (Phi) is 2.74. The first-order valence-corrected chi connectivity index (χ1v) is 3.49. The molecule has 1 aromatic carbocycles. The van der Waals surface area contributed by atoms with Crippen molar-refractivity contribution < 1.29 is 13.2 Å². The molecule has 3 heteroatoms. The lowest BCUT2D eigenvalue weighted by Gasteiger charge is -2.07. The van der Waals surface area contributed by atoms with Gasteiger partial charge in [0.1, 0.15) is 0 Å². The highest BCUT2D eigenvalue weighted by Gasteiger charge is 2.13. The first-order chi connectivity index (χ1) is 5.66. The number of halogens is 3. The molecule has 65 valence electrons. The normalized spacial score (nSPS) is 10.8. The number of hydrogen-bond donors (Lipinski definition) is 0. The van der Waals surface area contributed by atoms with Crippen molar-refractivity contribution in [3.63, 3.8) is 0 Å². The second-order valence-electron chi connectivity index (χ2n) is 2.52. The molecule has 12 heavy (non-hydrogen) atoms. The molecule has 1 rings (SSSR count). The molecule has 0 amide bonds. The van der Waals surface area contributed by atoms with Crippen LogP contribution in [-0.2, 0) is 0 Å². The smallest absolute Gasteiger partial charge is 0.162 e. The molecule has 0 N–H and O–H groups in total. The van der Waals surface area contributed by atoms with Crippen LogP contribution >= 0.6 is 0 Å². The molecule has 0 unspecified atom stereocenters. The lowest BCUT2D eigenvalue weighted by Crippen LogP contribution is -2.01. The summed E-state index contributed by atoms with van der Waals surface area (Å²) < 4.78 is 37.5. The quantitative estimate of drug-likeness (QED) is 0.645. The van der Waals surface area contributed by atoms with Crippen molar-refractivity contribution in [2.45, 2.75) is 6.92 Å². The van der Waals surface area contributed by atoms with Crippen LogP contribution in [0.4, 0.5) is 13.2 Å². The van der Waals surface area contributed by atoms with E-state index >= 15 is 0 Å². The van der Waals surface area contributed by atoms with E-state index in [4.69, 9.17) is 0 Å². The van der Waals surface area contributed by atoms with E-state index in [1.54, 1.807) is 0 Å². The van der Waals surface area contributed by atoms with Crippen molar-refractivity contribution in [1.82, 2.24) is 0 Å². The zero-order valence-corrected chi connectivity index (χ0v) is 6.57. The summed E-state index contributed by atoms with van der Waals surface area (Å²) in [7, 11) is 0. The number of alkyl halides is 1. The maximum Gasteiger partial charge on any atom is 0.162 e. The third-order valence-electron chi connectivity index (χ3n) is 1.61. The van der Waals surface area contributed by atoms with Gasteiger partial charge in [-0.1, -0.05) is 19.1 Å². The largest absolute Gasteiger partial charge is 0.250 e. The minimum absolute atomic E-state index is 0.0116. The standard InChI is InChI=1S/C9H8F3/c1-6(5-10)7-3-2-4-8(11)9(7)12/h2-4H,5H2,1H3. The molecular weight excluding hydrogens is 165 g/mol. The van der Waals surface area contributed by atoms with Gasteiger partial charge in [0.05, 0.1) is 6.67 Å². The van der Waals surface area contributed by atoms with Gasteiger partial charge in [0, 0.05) is 11.5 Å². The average Bonchev–Trinajstić information content (AvgIpc) is 2.08. The summed E-state index contributed by atoms with van der Waals surface area (Å²) in [5, 5.41) is 0. The summed E-state index contributed by atoms with van der Waals surface area (Å²) in [6.07, 6.45) is 0. The Bertz CT molecular complexity index is 270. The lowest BCUT2D eigenvalue weighted by atomic mass is 10.0. The van der Waals surface area contributed by atoms with Crippen LogP contribution < -0.4 is 0 Å². The Hall–Kier alpha value is -0.990. The molecule has 0 nitrogen and oxygen atoms in total. The lowest BCUT2D eigenvalue weighted by molar-refractivity contribution is 0.481. The van der Waals surface area contributed by atoms with E-state index < -0.39 is 18.3 Å². The number of hydrogen-bond acceptors (Lipinski definition) is 0. The van der Waals surface area contributed by atoms with E-state index in [1.807, 2.05) is 0 Å². The number of rotatable bonds is 2. The van der Waals surface area contributed by atoms with Crippen molar-refractivity contribution >= 4 is 0 Å². The Balaban J connectivity index is 3.07. The first kappa shape index (κ1) is 9.10. The highest BCUT2D eigenvalue weighted by molar-refractivity contribution is 5.31. The Morgan fingerprint density at radius 2 is 2.00 bits per heavy atom. The fraction of sp³-hybridized carbons (Fsp3) is 0.222. The maximum absolute atomic E-state index is 12.9. The topological polar surface area (TPSA) is 0 Å². The van der Waals surface area contributed by atoms with Crippen LogP contribution in [0.25, 0.3) is 0 Å². The monoisotopic (exact) mass is 173 g/mol. The molecule has 1 aromatic rings. The van der Waals surface area contributed by atoms with Gasteiger partial charge >= 0.3 is 0 Å². The summed E-state index contributed by atoms with van der Waals surface area (Å²) in [4.78, 5) is 0. The summed E-state index contributed by atoms with van der Waals surface area (Å²) in [6, 6.07) is 3.71. The second kappa shape index (κ2) is 3.61. The predicted molar refractivity (Wildman–Crippen MR) is 40.4 cm³/mol. The van der Waals surface area contributed by atoms with Gasteiger partial charge in [0.2, 0.25) is 0 Å². The summed E-state index contributed by atoms with van der Waals surface area (Å²) in [6.45, 7) is 0.665. The average molecular weight is 173 g/mol. The van der Waals surface area contributed by atoms with Gasteiger partial charge in [-0.05, 0) is 6.07 Å². The first-order valence-electron chi connectivity index (χ1n) is 3.49. The minimum atomic E-state index is -0.979. The van der Waals surface area contributed by atoms with Gasteiger partial charge in [-0.15, -0.1) is 0 Å². The SMILES string of the molecule is C[C](CF)c1cccc(F)c1F. The summed E-state index contributed by atoms with van der Waals surface area (Å²) in [5.74, 6) is -1.72. The fourth-order valence-electron chi connectivity index (χ4n) is 0.905. The third-order valence-corrected chi connectivity index (χ3v) is 1.61. The van der Waals surface area contributed by atoms with E-state index in [0.717, 1.165) is 6.07 Å². The Morgan fingerprint density at radius 1 is 1.33 bits per heavy atom. The van der Waals surface area contributed by atoms with Crippen molar-refractivity contribution in [3.05, 3.63) is 41.3 Å². The fourth-order valence-corrected chi connectivity index (χ4v) is 0.905. The second-order valence-corrected chi connectivity index (χ2v) is 2.52. The Morgan fingerprint density at radius 3 is 2.58 bits per heavy atom. The van der Waals surface area contributed by atoms with E-state index in [0.29, 0.717) is 0 Å². The van der Waals surface area contributed by atoms with Crippen molar-refractivity contribution in [3.8, 4) is 0 Å². The van der Waals surface area contributed by atoms with Crippen LogP contribution in [0.2, 0.25) is 0 Å². The molecule has 0 spiro atoms. The van der Waals surface area contributed by atoms with Crippen molar-refractivity contribution in [1.29, 1.82) is 0 Å². The van der Waals surface area contributed by atoms with E-state index in [2.05, 4.69) is 0 Å². The Labute approximate surface area is 69.0 Å². The molecule has 0 aliphatic heterocycles. The zero-order chi connectivity index (χ0) is 9.14. The third kappa shape index (κ3) is 1.60. The molecular formula is C9H8F3. The van der Waals surface area contributed by atoms with Gasteiger partial charge < -0.3 is 0 Å². The molecule has 0 aliphatic rings. The molecule has 0 aliphatic carbocycles. The minimum Gasteiger partial charge on any atom is -0.250 e. The van der Waals surface area contributed by atoms with E-state index in [1.165, 1.54) is 19.1 Å². The molecule has 0 heterocycles. The van der Waals surface area contributed by atoms with Crippen molar-refractivity contribution in [2.24, 2.45) is 0 Å². The molecule has 1 radical (unpaired) electrons. The van der Waals surface area contributed by atoms with Gasteiger partial charge in [-0.3, -0.25) is 4.39 Å². The van der Waals surface area contributed by atoms with E-state index in [9.17, 15) is 13.2 Å². The van der Waals surface area contributed by atoms with Crippen LogP contribution in [0.1, 0.15) is 12.5 Å². The zero-order valence-electron chi connectivity index (χ0n) is 6.57. The highest BCUT2D eigenvalue weighted by atomic mass is 19.2. The van der Waals surface area contributed by atoms with Crippen LogP contribution in [0.5, 0.6) is 0 Å². The molecule has 0 saturated carbocycles. The van der Waals surface area contributed by atoms with Crippen LogP contribution in [0.15, 0.2) is 18.2 Å². The predicted octanol–water partition coefficient (Wildman–Crippen LogP) is 2.88. The van der Waals surface area contributed by atoms with Gasteiger partial charge in [0.25, 0.3) is 0 Å². The summed E-state index contributed by atoms with van der Waals surface area (Å²) in [5.41, 5.74) is 0.0116. The molecule has 0 bridgehead atoms. The molecule has 0 atom stereocenters. The van der Waals surface area contributed by atoms with Crippen LogP contribution in [0, 0.1) is 17.6 Å². The van der Waals surface area contributed by atoms with E-state index in [-0.39, 0.29) is 11.5 Å².